The van der Waals surface area contributed by atoms with Gasteiger partial charge < -0.3 is 10.1 Å². The molecule has 35 heavy (non-hydrogen) atoms. The van der Waals surface area contributed by atoms with Gasteiger partial charge in [0.05, 0.1) is 10.9 Å². The molecule has 186 valence electrons. The van der Waals surface area contributed by atoms with Crippen LogP contribution in [0, 0.1) is 41.5 Å². The Labute approximate surface area is 208 Å². The maximum atomic E-state index is 12.8. The molecule has 2 N–H and O–H groups in total. The lowest BCUT2D eigenvalue weighted by atomic mass is 9.96. The zero-order valence-electron chi connectivity index (χ0n) is 21.4. The van der Waals surface area contributed by atoms with Crippen molar-refractivity contribution >= 4 is 21.6 Å². The topological polar surface area (TPSA) is 84.5 Å². The first-order valence-electron chi connectivity index (χ1n) is 11.6. The number of anilines is 1. The Kier molecular flexibility index (Phi) is 7.90. The van der Waals surface area contributed by atoms with Crippen LogP contribution in [-0.4, -0.2) is 20.9 Å². The molecule has 0 heterocycles. The molecule has 0 fully saturated rings. The summed E-state index contributed by atoms with van der Waals surface area (Å²) in [4.78, 5) is 12.6. The van der Waals surface area contributed by atoms with Gasteiger partial charge in [0.25, 0.3) is 15.9 Å². The van der Waals surface area contributed by atoms with Crippen LogP contribution in [0.1, 0.15) is 51.9 Å². The average Bonchev–Trinajstić information content (AvgIpc) is 2.77. The fraction of sp³-hybridized carbons (Fsp3) is 0.321. The maximum absolute atomic E-state index is 12.8. The minimum atomic E-state index is -3.76. The van der Waals surface area contributed by atoms with Crippen molar-refractivity contribution in [2.24, 2.45) is 0 Å². The third-order valence-electron chi connectivity index (χ3n) is 6.30. The van der Waals surface area contributed by atoms with Gasteiger partial charge in [-0.3, -0.25) is 9.52 Å². The van der Waals surface area contributed by atoms with Gasteiger partial charge in [0.15, 0.2) is 6.61 Å². The zero-order chi connectivity index (χ0) is 25.9. The predicted octanol–water partition coefficient (Wildman–Crippen LogP) is 5.59. The van der Waals surface area contributed by atoms with Gasteiger partial charge >= 0.3 is 0 Å². The molecule has 0 aliphatic rings. The molecule has 0 aliphatic heterocycles. The molecular weight excluding hydrogens is 460 g/mol. The Bertz CT molecular complexity index is 1360. The summed E-state index contributed by atoms with van der Waals surface area (Å²) in [6, 6.07) is 14.1. The number of rotatable bonds is 8. The third kappa shape index (κ3) is 6.42. The Balaban J connectivity index is 1.64. The van der Waals surface area contributed by atoms with Crippen LogP contribution in [0.3, 0.4) is 0 Å². The first-order valence-corrected chi connectivity index (χ1v) is 13.1. The number of benzene rings is 3. The number of carbonyl (C=O) groups is 1. The van der Waals surface area contributed by atoms with Crippen molar-refractivity contribution in [2.75, 3.05) is 11.3 Å². The molecule has 6 nitrogen and oxygen atoms in total. The molecule has 0 aliphatic carbocycles. The smallest absolute Gasteiger partial charge is 0.261 e. The highest BCUT2D eigenvalue weighted by atomic mass is 32.2. The molecule has 0 spiro atoms. The highest BCUT2D eigenvalue weighted by Gasteiger charge is 2.17. The van der Waals surface area contributed by atoms with E-state index < -0.39 is 10.0 Å². The van der Waals surface area contributed by atoms with Crippen LogP contribution in [0.5, 0.6) is 5.75 Å². The van der Waals surface area contributed by atoms with Crippen LogP contribution in [0.15, 0.2) is 53.4 Å². The van der Waals surface area contributed by atoms with Crippen molar-refractivity contribution in [2.45, 2.75) is 59.4 Å². The Morgan fingerprint density at radius 2 is 1.46 bits per heavy atom. The fourth-order valence-electron chi connectivity index (χ4n) is 3.92. The van der Waals surface area contributed by atoms with Gasteiger partial charge in [0.2, 0.25) is 0 Å². The van der Waals surface area contributed by atoms with Crippen LogP contribution in [-0.2, 0) is 14.8 Å². The minimum absolute atomic E-state index is 0.129. The molecule has 3 rings (SSSR count). The average molecular weight is 495 g/mol. The van der Waals surface area contributed by atoms with E-state index in [-0.39, 0.29) is 23.5 Å². The highest BCUT2D eigenvalue weighted by molar-refractivity contribution is 7.92. The summed E-state index contributed by atoms with van der Waals surface area (Å²) in [5.41, 5.74) is 7.83. The molecule has 1 atom stereocenters. The van der Waals surface area contributed by atoms with Crippen LogP contribution in [0.25, 0.3) is 0 Å². The van der Waals surface area contributed by atoms with E-state index in [1.807, 2.05) is 33.8 Å². The summed E-state index contributed by atoms with van der Waals surface area (Å²) in [6.45, 7) is 13.6. The van der Waals surface area contributed by atoms with Gasteiger partial charge in [-0.25, -0.2) is 8.42 Å². The van der Waals surface area contributed by atoms with Gasteiger partial charge in [-0.05, 0) is 118 Å². The largest absolute Gasteiger partial charge is 0.484 e. The van der Waals surface area contributed by atoms with Crippen molar-refractivity contribution in [3.8, 4) is 5.75 Å². The van der Waals surface area contributed by atoms with Crippen LogP contribution in [0.2, 0.25) is 0 Å². The summed E-state index contributed by atoms with van der Waals surface area (Å²) < 4.78 is 34.0. The van der Waals surface area contributed by atoms with Gasteiger partial charge in [0, 0.05) is 5.69 Å². The second-order valence-corrected chi connectivity index (χ2v) is 10.9. The van der Waals surface area contributed by atoms with Crippen molar-refractivity contribution in [1.82, 2.24) is 5.32 Å². The summed E-state index contributed by atoms with van der Waals surface area (Å²) in [7, 11) is -3.76. The maximum Gasteiger partial charge on any atom is 0.261 e. The molecule has 0 unspecified atom stereocenters. The molecule has 0 aromatic heterocycles. The van der Waals surface area contributed by atoms with E-state index >= 15 is 0 Å². The van der Waals surface area contributed by atoms with E-state index in [0.29, 0.717) is 17.0 Å². The van der Waals surface area contributed by atoms with Crippen LogP contribution < -0.4 is 14.8 Å². The first-order chi connectivity index (χ1) is 16.4. The standard InChI is InChI=1S/C28H34N2O4S/c1-17-8-9-24(13-19(17)3)30-35(32,33)25-10-11-27(22(6)14-25)34-16-28(31)29-23(7)26-15-20(4)18(2)12-21(26)5/h8-15,23,30H,16H2,1-7H3,(H,29,31)/t23-/m1/s1. The minimum Gasteiger partial charge on any atom is -0.484 e. The summed E-state index contributed by atoms with van der Waals surface area (Å²) in [6.07, 6.45) is 0. The van der Waals surface area contributed by atoms with E-state index in [2.05, 4.69) is 36.0 Å². The summed E-state index contributed by atoms with van der Waals surface area (Å²) in [5.74, 6) is 0.211. The molecule has 0 saturated heterocycles. The molecule has 3 aromatic carbocycles. The van der Waals surface area contributed by atoms with Crippen molar-refractivity contribution in [1.29, 1.82) is 0 Å². The number of hydrogen-bond acceptors (Lipinski definition) is 4. The van der Waals surface area contributed by atoms with Crippen molar-refractivity contribution < 1.29 is 17.9 Å². The zero-order valence-corrected chi connectivity index (χ0v) is 22.3. The van der Waals surface area contributed by atoms with Gasteiger partial charge in [-0.1, -0.05) is 18.2 Å². The van der Waals surface area contributed by atoms with E-state index in [1.54, 1.807) is 25.1 Å². The lowest BCUT2D eigenvalue weighted by molar-refractivity contribution is -0.123. The predicted molar refractivity (Wildman–Crippen MR) is 141 cm³/mol. The normalized spacial score (nSPS) is 12.2. The van der Waals surface area contributed by atoms with Crippen LogP contribution in [0.4, 0.5) is 5.69 Å². The molecular formula is C28H34N2O4S. The van der Waals surface area contributed by atoms with E-state index in [0.717, 1.165) is 22.3 Å². The van der Waals surface area contributed by atoms with E-state index in [9.17, 15) is 13.2 Å². The second-order valence-electron chi connectivity index (χ2n) is 9.20. The number of carbonyl (C=O) groups excluding carboxylic acids is 1. The number of ether oxygens (including phenoxy) is 1. The molecule has 1 amide bonds. The van der Waals surface area contributed by atoms with Crippen LogP contribution >= 0.6 is 0 Å². The number of aryl methyl sites for hydroxylation is 6. The van der Waals surface area contributed by atoms with Crippen molar-refractivity contribution in [3.05, 3.63) is 87.5 Å². The fourth-order valence-corrected chi connectivity index (χ4v) is 5.06. The summed E-state index contributed by atoms with van der Waals surface area (Å²) >= 11 is 0. The van der Waals surface area contributed by atoms with Gasteiger partial charge in [0.1, 0.15) is 5.75 Å². The number of amides is 1. The number of nitrogens with one attached hydrogen (secondary N) is 2. The van der Waals surface area contributed by atoms with Crippen molar-refractivity contribution in [3.63, 3.8) is 0 Å². The Morgan fingerprint density at radius 1 is 0.800 bits per heavy atom. The molecule has 0 radical (unpaired) electrons. The number of sulfonamides is 1. The molecule has 0 bridgehead atoms. The first kappa shape index (κ1) is 26.3. The SMILES string of the molecule is Cc1ccc(NS(=O)(=O)c2ccc(OCC(=O)N[C@H](C)c3cc(C)c(C)cc3C)c(C)c2)cc1C. The van der Waals surface area contributed by atoms with E-state index in [4.69, 9.17) is 4.74 Å². The highest BCUT2D eigenvalue weighted by Crippen LogP contribution is 2.25. The van der Waals surface area contributed by atoms with Gasteiger partial charge in [-0.2, -0.15) is 0 Å². The lowest BCUT2D eigenvalue weighted by Gasteiger charge is -2.19. The summed E-state index contributed by atoms with van der Waals surface area (Å²) in [5, 5.41) is 2.97. The molecule has 3 aromatic rings. The monoisotopic (exact) mass is 494 g/mol. The van der Waals surface area contributed by atoms with Gasteiger partial charge in [-0.15, -0.1) is 0 Å². The quantitative estimate of drug-likeness (QED) is 0.427. The van der Waals surface area contributed by atoms with E-state index in [1.165, 1.54) is 23.3 Å². The third-order valence-corrected chi connectivity index (χ3v) is 7.68. The molecule has 0 saturated carbocycles. The number of hydrogen-bond donors (Lipinski definition) is 2. The Hall–Kier alpha value is -3.32. The second kappa shape index (κ2) is 10.5. The molecule has 7 heteroatoms. The Morgan fingerprint density at radius 3 is 2.11 bits per heavy atom. The lowest BCUT2D eigenvalue weighted by Crippen LogP contribution is -2.31.